The zero-order valence-corrected chi connectivity index (χ0v) is 10.2. The van der Waals surface area contributed by atoms with E-state index >= 15 is 0 Å². The monoisotopic (exact) mass is 203 g/mol. The fourth-order valence-corrected chi connectivity index (χ4v) is 2.69. The molecule has 1 aliphatic rings. The summed E-state index contributed by atoms with van der Waals surface area (Å²) in [6.45, 7) is 10.4. The van der Waals surface area contributed by atoms with Crippen LogP contribution in [0.4, 0.5) is 0 Å². The lowest BCUT2D eigenvalue weighted by Crippen LogP contribution is -2.46. The minimum absolute atomic E-state index is 0.271. The normalized spacial score (nSPS) is 22.5. The molecule has 0 aromatic heterocycles. The Hall–Kier alpha value is -0.820. The number of rotatable bonds is 0. The van der Waals surface area contributed by atoms with Crippen LogP contribution in [0, 0.1) is 0 Å². The van der Waals surface area contributed by atoms with Crippen molar-refractivity contribution in [1.29, 1.82) is 0 Å². The van der Waals surface area contributed by atoms with Gasteiger partial charge in [0.25, 0.3) is 0 Å². The van der Waals surface area contributed by atoms with Crippen LogP contribution >= 0.6 is 0 Å². The summed E-state index contributed by atoms with van der Waals surface area (Å²) in [5.74, 6) is 0. The molecule has 0 amide bonds. The van der Waals surface area contributed by atoms with Crippen molar-refractivity contribution >= 4 is 0 Å². The van der Waals surface area contributed by atoms with Crippen LogP contribution in [0.5, 0.6) is 0 Å². The molecule has 82 valence electrons. The van der Waals surface area contributed by atoms with Crippen molar-refractivity contribution in [2.45, 2.75) is 45.7 Å². The topological polar surface area (TPSA) is 3.24 Å². The van der Waals surface area contributed by atoms with Gasteiger partial charge in [0.15, 0.2) is 0 Å². The Morgan fingerprint density at radius 1 is 1.20 bits per heavy atom. The third-order valence-corrected chi connectivity index (χ3v) is 3.46. The highest BCUT2D eigenvalue weighted by Gasteiger charge is 2.30. The third kappa shape index (κ3) is 1.93. The Balaban J connectivity index is 2.34. The summed E-state index contributed by atoms with van der Waals surface area (Å²) in [4.78, 5) is 2.59. The summed E-state index contributed by atoms with van der Waals surface area (Å²) in [6, 6.07) is 9.40. The van der Waals surface area contributed by atoms with Crippen LogP contribution < -0.4 is 0 Å². The quantitative estimate of drug-likeness (QED) is 0.624. The van der Waals surface area contributed by atoms with Gasteiger partial charge in [0.1, 0.15) is 0 Å². The molecule has 0 fully saturated rings. The summed E-state index contributed by atoms with van der Waals surface area (Å²) < 4.78 is 0. The number of hydrogen-bond acceptors (Lipinski definition) is 1. The molecule has 0 bridgehead atoms. The van der Waals surface area contributed by atoms with Gasteiger partial charge in [-0.1, -0.05) is 24.3 Å². The van der Waals surface area contributed by atoms with Crippen LogP contribution in [-0.4, -0.2) is 17.0 Å². The van der Waals surface area contributed by atoms with Gasteiger partial charge >= 0.3 is 0 Å². The Kier molecular flexibility index (Phi) is 2.59. The Labute approximate surface area is 93.1 Å². The van der Waals surface area contributed by atoms with E-state index in [2.05, 4.69) is 56.9 Å². The minimum Gasteiger partial charge on any atom is -0.291 e. The molecule has 0 unspecified atom stereocenters. The molecule has 1 aromatic rings. The van der Waals surface area contributed by atoms with Crippen molar-refractivity contribution in [3.05, 3.63) is 35.4 Å². The first kappa shape index (κ1) is 10.7. The van der Waals surface area contributed by atoms with Gasteiger partial charge in [-0.2, -0.15) is 0 Å². The second kappa shape index (κ2) is 3.64. The highest BCUT2D eigenvalue weighted by molar-refractivity contribution is 5.32. The maximum absolute atomic E-state index is 2.59. The van der Waals surface area contributed by atoms with E-state index in [0.29, 0.717) is 6.04 Å². The standard InChI is InChI=1S/C14H21N/c1-11-13-8-6-5-7-12(13)9-10-15(11)14(2,3)4/h5-8,11H,9-10H2,1-4H3/t11-/m0/s1. The van der Waals surface area contributed by atoms with Gasteiger partial charge in [-0.25, -0.2) is 0 Å². The smallest absolute Gasteiger partial charge is 0.0327 e. The molecule has 1 aliphatic heterocycles. The molecule has 1 heteroatoms. The van der Waals surface area contributed by atoms with E-state index in [1.807, 2.05) is 0 Å². The lowest BCUT2D eigenvalue weighted by molar-refractivity contribution is 0.0824. The number of benzene rings is 1. The summed E-state index contributed by atoms with van der Waals surface area (Å²) in [5, 5.41) is 0. The van der Waals surface area contributed by atoms with Crippen molar-refractivity contribution in [2.75, 3.05) is 6.54 Å². The Morgan fingerprint density at radius 2 is 1.87 bits per heavy atom. The van der Waals surface area contributed by atoms with Crippen molar-refractivity contribution in [2.24, 2.45) is 0 Å². The van der Waals surface area contributed by atoms with Crippen LogP contribution in [0.15, 0.2) is 24.3 Å². The first-order valence-electron chi connectivity index (χ1n) is 5.84. The summed E-state index contributed by atoms with van der Waals surface area (Å²) in [7, 11) is 0. The largest absolute Gasteiger partial charge is 0.291 e. The summed E-state index contributed by atoms with van der Waals surface area (Å²) in [6.07, 6.45) is 1.19. The summed E-state index contributed by atoms with van der Waals surface area (Å²) >= 11 is 0. The molecular formula is C14H21N. The Bertz CT molecular complexity index is 349. The van der Waals surface area contributed by atoms with E-state index in [-0.39, 0.29) is 5.54 Å². The van der Waals surface area contributed by atoms with Crippen LogP contribution in [0.3, 0.4) is 0 Å². The van der Waals surface area contributed by atoms with Crippen LogP contribution in [0.1, 0.15) is 44.9 Å². The van der Waals surface area contributed by atoms with Gasteiger partial charge in [0, 0.05) is 18.1 Å². The summed E-state index contributed by atoms with van der Waals surface area (Å²) in [5.41, 5.74) is 3.32. The molecule has 0 N–H and O–H groups in total. The van der Waals surface area contributed by atoms with Gasteiger partial charge in [0.2, 0.25) is 0 Å². The molecule has 2 rings (SSSR count). The lowest BCUT2D eigenvalue weighted by atomic mass is 9.90. The third-order valence-electron chi connectivity index (χ3n) is 3.46. The molecule has 1 aromatic carbocycles. The second-order valence-electron chi connectivity index (χ2n) is 5.49. The number of fused-ring (bicyclic) bond motifs is 1. The molecular weight excluding hydrogens is 182 g/mol. The van der Waals surface area contributed by atoms with E-state index in [1.165, 1.54) is 24.1 Å². The predicted molar refractivity (Wildman–Crippen MR) is 65.0 cm³/mol. The van der Waals surface area contributed by atoms with E-state index in [0.717, 1.165) is 0 Å². The molecule has 1 nitrogen and oxygen atoms in total. The van der Waals surface area contributed by atoms with Gasteiger partial charge in [-0.3, -0.25) is 4.90 Å². The van der Waals surface area contributed by atoms with Crippen LogP contribution in [0.25, 0.3) is 0 Å². The highest BCUT2D eigenvalue weighted by Crippen LogP contribution is 2.33. The van der Waals surface area contributed by atoms with Crippen molar-refractivity contribution in [3.8, 4) is 0 Å². The van der Waals surface area contributed by atoms with E-state index in [9.17, 15) is 0 Å². The van der Waals surface area contributed by atoms with Gasteiger partial charge < -0.3 is 0 Å². The first-order valence-corrected chi connectivity index (χ1v) is 5.84. The molecule has 0 saturated carbocycles. The van der Waals surface area contributed by atoms with Gasteiger partial charge in [-0.15, -0.1) is 0 Å². The fraction of sp³-hybridized carbons (Fsp3) is 0.571. The van der Waals surface area contributed by atoms with E-state index in [4.69, 9.17) is 0 Å². The maximum Gasteiger partial charge on any atom is 0.0327 e. The molecule has 1 heterocycles. The van der Waals surface area contributed by atoms with E-state index in [1.54, 1.807) is 0 Å². The van der Waals surface area contributed by atoms with Crippen molar-refractivity contribution in [1.82, 2.24) is 4.90 Å². The molecule has 0 radical (unpaired) electrons. The number of nitrogens with zero attached hydrogens (tertiary/aromatic N) is 1. The molecule has 0 aliphatic carbocycles. The highest BCUT2D eigenvalue weighted by atomic mass is 15.2. The SMILES string of the molecule is C[C@H]1c2ccccc2CCN1C(C)(C)C. The fourth-order valence-electron chi connectivity index (χ4n) is 2.69. The molecule has 1 atom stereocenters. The first-order chi connectivity index (χ1) is 7.00. The van der Waals surface area contributed by atoms with Crippen molar-refractivity contribution < 1.29 is 0 Å². The number of hydrogen-bond donors (Lipinski definition) is 0. The van der Waals surface area contributed by atoms with Crippen LogP contribution in [0.2, 0.25) is 0 Å². The minimum atomic E-state index is 0.271. The zero-order chi connectivity index (χ0) is 11.1. The lowest BCUT2D eigenvalue weighted by Gasteiger charge is -2.44. The second-order valence-corrected chi connectivity index (χ2v) is 5.49. The Morgan fingerprint density at radius 3 is 2.53 bits per heavy atom. The average Bonchev–Trinajstić information content (AvgIpc) is 2.16. The zero-order valence-electron chi connectivity index (χ0n) is 10.2. The molecule has 0 saturated heterocycles. The maximum atomic E-state index is 2.59. The predicted octanol–water partition coefficient (Wildman–Crippen LogP) is 3.40. The van der Waals surface area contributed by atoms with Gasteiger partial charge in [-0.05, 0) is 45.2 Å². The van der Waals surface area contributed by atoms with Gasteiger partial charge in [0.05, 0.1) is 0 Å². The van der Waals surface area contributed by atoms with Crippen molar-refractivity contribution in [3.63, 3.8) is 0 Å². The van der Waals surface area contributed by atoms with Crippen LogP contribution in [-0.2, 0) is 6.42 Å². The average molecular weight is 203 g/mol. The van der Waals surface area contributed by atoms with E-state index < -0.39 is 0 Å². The molecule has 15 heavy (non-hydrogen) atoms. The molecule has 0 spiro atoms.